The smallest absolute Gasteiger partial charge is 0.189 e. The minimum absolute atomic E-state index is 1.50. The lowest BCUT2D eigenvalue weighted by Gasteiger charge is -1.72. The Morgan fingerprint density at radius 1 is 0.583 bits per heavy atom. The lowest BCUT2D eigenvalue weighted by molar-refractivity contribution is 0.393. The zero-order valence-corrected chi connectivity index (χ0v) is 7.29. The number of halogens is 8. The lowest BCUT2D eigenvalue weighted by atomic mass is 11.1. The highest BCUT2D eigenvalue weighted by atomic mass is 35.5. The van der Waals surface area contributed by atoms with Gasteiger partial charge in [0.1, 0.15) is 0 Å². The van der Waals surface area contributed by atoms with Crippen molar-refractivity contribution in [1.82, 2.24) is 0 Å². The van der Waals surface area contributed by atoms with Gasteiger partial charge in [0, 0.05) is 0 Å². The lowest BCUT2D eigenvalue weighted by Crippen LogP contribution is -1.54. The van der Waals surface area contributed by atoms with Crippen LogP contribution in [0.5, 0.6) is 0 Å². The van der Waals surface area contributed by atoms with Gasteiger partial charge in [0.25, 0.3) is 5.29 Å². The van der Waals surface area contributed by atoms with E-state index in [1.54, 1.807) is 0 Å². The molecular weight excluding hydrogens is 249 g/mol. The summed E-state index contributed by atoms with van der Waals surface area (Å²) in [5.74, 6) is 0. The second-order valence-corrected chi connectivity index (χ2v) is 2.04. The summed E-state index contributed by atoms with van der Waals surface area (Å²) in [4.78, 5) is 0. The van der Waals surface area contributed by atoms with Gasteiger partial charge in [-0.3, -0.25) is 0 Å². The second-order valence-electron chi connectivity index (χ2n) is 1.04. The summed E-state index contributed by atoms with van der Waals surface area (Å²) in [7, 11) is 0. The van der Waals surface area contributed by atoms with E-state index in [0.29, 0.717) is 0 Å². The van der Waals surface area contributed by atoms with Crippen LogP contribution in [-0.4, -0.2) is 0 Å². The molecule has 0 atom stereocenters. The molecule has 0 aliphatic heterocycles. The van der Waals surface area contributed by atoms with E-state index in [4.69, 9.17) is 0 Å². The average molecular weight is 249 g/mol. The Kier molecular flexibility index (Phi) is 9.24. The molecule has 0 amide bonds. The van der Waals surface area contributed by atoms with E-state index >= 15 is 0 Å². The van der Waals surface area contributed by atoms with Crippen molar-refractivity contribution in [3.63, 3.8) is 0 Å². The maximum absolute atomic E-state index is 11.0. The van der Waals surface area contributed by atoms with E-state index in [2.05, 4.69) is 34.8 Å². The molecule has 8 heteroatoms. The highest BCUT2D eigenvalue weighted by Gasteiger charge is 1.95. The number of rotatable bonds is 0. The van der Waals surface area contributed by atoms with E-state index in [9.17, 15) is 22.0 Å². The summed E-state index contributed by atoms with van der Waals surface area (Å²) >= 11 is 12.7. The molecule has 0 heterocycles. The van der Waals surface area contributed by atoms with Gasteiger partial charge in [-0.2, -0.15) is 22.0 Å². The maximum Gasteiger partial charge on any atom is 0.317 e. The molecule has 0 saturated carbocycles. The molecule has 0 fully saturated rings. The fourth-order valence-corrected chi connectivity index (χ4v) is 0. The van der Waals surface area contributed by atoms with E-state index in [0.717, 1.165) is 0 Å². The fourth-order valence-electron chi connectivity index (χ4n) is 0. The number of hydrogen-bond acceptors (Lipinski definition) is 0. The van der Waals surface area contributed by atoms with Crippen LogP contribution < -0.4 is 0 Å². The maximum atomic E-state index is 11.0. The molecular formula is C4Cl3F5. The summed E-state index contributed by atoms with van der Waals surface area (Å²) in [5.41, 5.74) is 0. The Morgan fingerprint density at radius 2 is 0.750 bits per heavy atom. The molecule has 12 heavy (non-hydrogen) atoms. The molecule has 0 N–H and O–H groups in total. The first-order valence-electron chi connectivity index (χ1n) is 2.01. The van der Waals surface area contributed by atoms with Crippen molar-refractivity contribution in [3.8, 4) is 0 Å². The molecule has 0 aromatic heterocycles. The summed E-state index contributed by atoms with van der Waals surface area (Å²) in [5, 5.41) is -4.94. The van der Waals surface area contributed by atoms with Crippen LogP contribution in [-0.2, 0) is 0 Å². The molecule has 0 saturated heterocycles. The molecule has 0 aliphatic carbocycles. The third-order valence-corrected chi connectivity index (χ3v) is 0.857. The van der Waals surface area contributed by atoms with E-state index in [1.807, 2.05) is 0 Å². The predicted molar refractivity (Wildman–Crippen MR) is 37.2 cm³/mol. The van der Waals surface area contributed by atoms with Crippen LogP contribution in [0.1, 0.15) is 0 Å². The van der Waals surface area contributed by atoms with Crippen LogP contribution in [0.4, 0.5) is 22.0 Å². The Morgan fingerprint density at radius 3 is 0.750 bits per heavy atom. The van der Waals surface area contributed by atoms with Crippen LogP contribution in [0.15, 0.2) is 21.9 Å². The van der Waals surface area contributed by atoms with E-state index < -0.39 is 21.9 Å². The van der Waals surface area contributed by atoms with E-state index in [-0.39, 0.29) is 0 Å². The summed E-state index contributed by atoms with van der Waals surface area (Å²) < 4.78 is 53.7. The van der Waals surface area contributed by atoms with Crippen LogP contribution in [0.25, 0.3) is 0 Å². The van der Waals surface area contributed by atoms with Gasteiger partial charge in [0.2, 0.25) is 10.6 Å². The van der Waals surface area contributed by atoms with Gasteiger partial charge in [0.15, 0.2) is 0 Å². The minimum atomic E-state index is -2.48. The van der Waals surface area contributed by atoms with Crippen molar-refractivity contribution >= 4 is 34.8 Å². The van der Waals surface area contributed by atoms with Crippen LogP contribution in [0.3, 0.4) is 0 Å². The Hall–Kier alpha value is -0.000000000000000111. The minimum Gasteiger partial charge on any atom is -0.189 e. The molecule has 0 aromatic carbocycles. The Bertz CT molecular complexity index is 141. The molecule has 0 radical (unpaired) electrons. The molecule has 0 bridgehead atoms. The molecule has 0 aromatic rings. The molecule has 0 rings (SSSR count). The van der Waals surface area contributed by atoms with Crippen molar-refractivity contribution in [2.45, 2.75) is 0 Å². The SMILES string of the molecule is FC(Cl)=C(F)Cl.FC(F)=C(F)Cl. The zero-order chi connectivity index (χ0) is 10.3. The quantitative estimate of drug-likeness (QED) is 0.541. The molecule has 72 valence electrons. The van der Waals surface area contributed by atoms with Gasteiger partial charge in [-0.15, -0.1) is 0 Å². The third kappa shape index (κ3) is 12.7. The third-order valence-electron chi connectivity index (χ3n) is 0.286. The summed E-state index contributed by atoms with van der Waals surface area (Å²) in [6.45, 7) is 0. The van der Waals surface area contributed by atoms with Crippen molar-refractivity contribution in [2.24, 2.45) is 0 Å². The van der Waals surface area contributed by atoms with Crippen molar-refractivity contribution in [3.05, 3.63) is 21.9 Å². The van der Waals surface area contributed by atoms with Crippen LogP contribution >= 0.6 is 34.8 Å². The van der Waals surface area contributed by atoms with Gasteiger partial charge in [0.05, 0.1) is 0 Å². The normalized spacial score (nSPS) is 11.0. The Labute approximate surface area is 79.2 Å². The van der Waals surface area contributed by atoms with Gasteiger partial charge in [-0.25, -0.2) is 0 Å². The molecule has 0 unspecified atom stereocenters. The zero-order valence-electron chi connectivity index (χ0n) is 5.02. The topological polar surface area (TPSA) is 0 Å². The standard InChI is InChI=1S/C2Cl2F2.C2ClF3/c3-1(5)2(4)6;3-1(4)2(5)6. The second kappa shape index (κ2) is 7.64. The van der Waals surface area contributed by atoms with E-state index in [1.165, 1.54) is 0 Å². The fraction of sp³-hybridized carbons (Fsp3) is 0. The first-order chi connectivity index (χ1) is 5.29. The summed E-state index contributed by atoms with van der Waals surface area (Å²) in [6, 6.07) is 0. The first kappa shape index (κ1) is 14.5. The van der Waals surface area contributed by atoms with Gasteiger partial charge in [-0.1, -0.05) is 0 Å². The van der Waals surface area contributed by atoms with Crippen LogP contribution in [0.2, 0.25) is 0 Å². The van der Waals surface area contributed by atoms with Crippen molar-refractivity contribution < 1.29 is 22.0 Å². The highest BCUT2D eigenvalue weighted by molar-refractivity contribution is 6.37. The molecule has 0 spiro atoms. The molecule has 0 nitrogen and oxygen atoms in total. The average Bonchev–Trinajstić information content (AvgIpc) is 1.88. The van der Waals surface area contributed by atoms with Crippen molar-refractivity contribution in [1.29, 1.82) is 0 Å². The molecule has 0 aliphatic rings. The Balaban J connectivity index is 0. The summed E-state index contributed by atoms with van der Waals surface area (Å²) in [6.07, 6.45) is -2.48. The van der Waals surface area contributed by atoms with Gasteiger partial charge >= 0.3 is 6.08 Å². The predicted octanol–water partition coefficient (Wildman–Crippen LogP) is 4.79. The van der Waals surface area contributed by atoms with Gasteiger partial charge in [-0.05, 0) is 34.8 Å². The van der Waals surface area contributed by atoms with Crippen molar-refractivity contribution in [2.75, 3.05) is 0 Å². The van der Waals surface area contributed by atoms with Crippen LogP contribution in [0, 0.1) is 0 Å². The first-order valence-corrected chi connectivity index (χ1v) is 3.15. The van der Waals surface area contributed by atoms with Gasteiger partial charge < -0.3 is 0 Å². The largest absolute Gasteiger partial charge is 0.317 e. The number of hydrogen-bond donors (Lipinski definition) is 0. The highest BCUT2D eigenvalue weighted by Crippen LogP contribution is 2.14. The monoisotopic (exact) mass is 248 g/mol.